The molecule has 1 aliphatic heterocycles. The highest BCUT2D eigenvalue weighted by Crippen LogP contribution is 2.32. The van der Waals surface area contributed by atoms with Gasteiger partial charge in [-0.25, -0.2) is 0 Å². The molecule has 1 aromatic rings. The molecule has 0 atom stereocenters. The van der Waals surface area contributed by atoms with Crippen LogP contribution in [-0.4, -0.2) is 21.9 Å². The normalized spacial score (nSPS) is 20.2. The van der Waals surface area contributed by atoms with Gasteiger partial charge in [-0.15, -0.1) is 0 Å². The topological polar surface area (TPSA) is 92.1 Å². The zero-order valence-corrected chi connectivity index (χ0v) is 10.1. The molecule has 1 aromatic heterocycles. The van der Waals surface area contributed by atoms with Gasteiger partial charge in [0.25, 0.3) is 5.56 Å². The van der Waals surface area contributed by atoms with Crippen LogP contribution in [0.3, 0.4) is 0 Å². The molecule has 0 spiro atoms. The number of nitrogens with one attached hydrogen (secondary N) is 1. The standard InChI is InChI=1S/C12H16N4O2/c13-12-14-10-8(11(18)15-12)6-9(17)16(10)7-4-2-1-3-5-7/h7H,1-6H2,(H3,13,14,15,18). The summed E-state index contributed by atoms with van der Waals surface area (Å²) in [6.45, 7) is 0. The van der Waals surface area contributed by atoms with Crippen LogP contribution in [-0.2, 0) is 11.2 Å². The predicted octanol–water partition coefficient (Wildman–Crippen LogP) is 0.574. The van der Waals surface area contributed by atoms with E-state index < -0.39 is 0 Å². The van der Waals surface area contributed by atoms with Gasteiger partial charge < -0.3 is 5.73 Å². The summed E-state index contributed by atoms with van der Waals surface area (Å²) in [5, 5.41) is 0. The molecule has 18 heavy (non-hydrogen) atoms. The Kier molecular flexibility index (Phi) is 2.57. The monoisotopic (exact) mass is 248 g/mol. The maximum atomic E-state index is 12.1. The van der Waals surface area contributed by atoms with E-state index in [2.05, 4.69) is 9.97 Å². The lowest BCUT2D eigenvalue weighted by molar-refractivity contribution is -0.118. The molecule has 3 N–H and O–H groups in total. The lowest BCUT2D eigenvalue weighted by atomic mass is 9.94. The van der Waals surface area contributed by atoms with Crippen LogP contribution in [0, 0.1) is 0 Å². The van der Waals surface area contributed by atoms with Crippen molar-refractivity contribution < 1.29 is 4.79 Å². The van der Waals surface area contributed by atoms with Gasteiger partial charge in [-0.05, 0) is 12.8 Å². The number of aromatic nitrogens is 2. The first-order chi connectivity index (χ1) is 8.66. The largest absolute Gasteiger partial charge is 0.369 e. The Hall–Kier alpha value is -1.85. The molecule has 2 heterocycles. The van der Waals surface area contributed by atoms with Crippen molar-refractivity contribution in [3.63, 3.8) is 0 Å². The number of nitrogens with two attached hydrogens (primary N) is 1. The van der Waals surface area contributed by atoms with Gasteiger partial charge in [0.1, 0.15) is 5.82 Å². The highest BCUT2D eigenvalue weighted by atomic mass is 16.2. The second kappa shape index (κ2) is 4.12. The minimum absolute atomic E-state index is 0.0273. The molecule has 0 unspecified atom stereocenters. The number of anilines is 2. The highest BCUT2D eigenvalue weighted by molar-refractivity contribution is 6.00. The van der Waals surface area contributed by atoms with E-state index in [9.17, 15) is 9.59 Å². The molecule has 6 nitrogen and oxygen atoms in total. The van der Waals surface area contributed by atoms with Crippen molar-refractivity contribution in [3.8, 4) is 0 Å². The van der Waals surface area contributed by atoms with Gasteiger partial charge >= 0.3 is 0 Å². The number of nitrogens with zero attached hydrogens (tertiary/aromatic N) is 2. The minimum atomic E-state index is -0.288. The fraction of sp³-hybridized carbons (Fsp3) is 0.583. The molecular weight excluding hydrogens is 232 g/mol. The van der Waals surface area contributed by atoms with Crippen molar-refractivity contribution in [1.82, 2.24) is 9.97 Å². The van der Waals surface area contributed by atoms with Crippen LogP contribution < -0.4 is 16.2 Å². The van der Waals surface area contributed by atoms with E-state index in [-0.39, 0.29) is 29.9 Å². The summed E-state index contributed by atoms with van der Waals surface area (Å²) in [5.41, 5.74) is 5.73. The number of H-pyrrole nitrogens is 1. The molecule has 1 aliphatic carbocycles. The van der Waals surface area contributed by atoms with Crippen LogP contribution in [0.15, 0.2) is 4.79 Å². The Morgan fingerprint density at radius 1 is 1.22 bits per heavy atom. The molecule has 0 radical (unpaired) electrons. The van der Waals surface area contributed by atoms with E-state index >= 15 is 0 Å². The summed E-state index contributed by atoms with van der Waals surface area (Å²) >= 11 is 0. The number of rotatable bonds is 1. The maximum Gasteiger partial charge on any atom is 0.258 e. The number of carbonyl (C=O) groups is 1. The van der Waals surface area contributed by atoms with E-state index in [1.165, 1.54) is 6.42 Å². The number of hydrogen-bond acceptors (Lipinski definition) is 4. The molecule has 1 fully saturated rings. The van der Waals surface area contributed by atoms with Crippen LogP contribution in [0.2, 0.25) is 0 Å². The molecule has 2 aliphatic rings. The Morgan fingerprint density at radius 2 is 1.94 bits per heavy atom. The van der Waals surface area contributed by atoms with Crippen molar-refractivity contribution in [2.45, 2.75) is 44.6 Å². The molecule has 0 saturated heterocycles. The first-order valence-corrected chi connectivity index (χ1v) is 6.37. The molecule has 6 heteroatoms. The molecule has 1 amide bonds. The molecular formula is C12H16N4O2. The average molecular weight is 248 g/mol. The van der Waals surface area contributed by atoms with Gasteiger partial charge in [-0.1, -0.05) is 19.3 Å². The summed E-state index contributed by atoms with van der Waals surface area (Å²) in [4.78, 5) is 32.1. The van der Waals surface area contributed by atoms with Crippen molar-refractivity contribution in [2.24, 2.45) is 0 Å². The SMILES string of the molecule is Nc1nc2c(c(=O)[nH]1)CC(=O)N2C1CCCCC1. The fourth-order valence-electron chi connectivity index (χ4n) is 2.93. The first kappa shape index (κ1) is 11.3. The molecule has 1 saturated carbocycles. The molecule has 0 bridgehead atoms. The lowest BCUT2D eigenvalue weighted by Gasteiger charge is -2.30. The van der Waals surface area contributed by atoms with Gasteiger partial charge in [0.05, 0.1) is 12.0 Å². The summed E-state index contributed by atoms with van der Waals surface area (Å²) in [6.07, 6.45) is 5.59. The summed E-state index contributed by atoms with van der Waals surface area (Å²) in [6, 6.07) is 0.182. The third-order valence-electron chi connectivity index (χ3n) is 3.78. The third-order valence-corrected chi connectivity index (χ3v) is 3.78. The molecule has 96 valence electrons. The smallest absolute Gasteiger partial charge is 0.258 e. The maximum absolute atomic E-state index is 12.1. The van der Waals surface area contributed by atoms with Crippen LogP contribution >= 0.6 is 0 Å². The van der Waals surface area contributed by atoms with Crippen molar-refractivity contribution in [3.05, 3.63) is 15.9 Å². The quantitative estimate of drug-likeness (QED) is 0.760. The van der Waals surface area contributed by atoms with E-state index in [0.29, 0.717) is 11.4 Å². The average Bonchev–Trinajstić information content (AvgIpc) is 2.67. The summed E-state index contributed by atoms with van der Waals surface area (Å²) in [5.74, 6) is 0.530. The van der Waals surface area contributed by atoms with Gasteiger partial charge in [-0.2, -0.15) is 4.98 Å². The van der Waals surface area contributed by atoms with Crippen LogP contribution in [0.1, 0.15) is 37.7 Å². The van der Waals surface area contributed by atoms with Gasteiger partial charge in [0, 0.05) is 6.04 Å². The van der Waals surface area contributed by atoms with E-state index in [0.717, 1.165) is 25.7 Å². The number of hydrogen-bond donors (Lipinski definition) is 2. The van der Waals surface area contributed by atoms with Gasteiger partial charge in [0.15, 0.2) is 0 Å². The predicted molar refractivity (Wildman–Crippen MR) is 67.3 cm³/mol. The minimum Gasteiger partial charge on any atom is -0.369 e. The van der Waals surface area contributed by atoms with E-state index in [1.807, 2.05) is 0 Å². The fourth-order valence-corrected chi connectivity index (χ4v) is 2.93. The van der Waals surface area contributed by atoms with Gasteiger partial charge in [0.2, 0.25) is 11.9 Å². The second-order valence-corrected chi connectivity index (χ2v) is 4.99. The molecule has 0 aromatic carbocycles. The second-order valence-electron chi connectivity index (χ2n) is 4.99. The Morgan fingerprint density at radius 3 is 2.67 bits per heavy atom. The summed E-state index contributed by atoms with van der Waals surface area (Å²) in [7, 11) is 0. The first-order valence-electron chi connectivity index (χ1n) is 6.37. The van der Waals surface area contributed by atoms with Crippen LogP contribution in [0.4, 0.5) is 11.8 Å². The lowest BCUT2D eigenvalue weighted by Crippen LogP contribution is -2.39. The number of nitrogen functional groups attached to an aromatic ring is 1. The Bertz CT molecular complexity index is 545. The van der Waals surface area contributed by atoms with E-state index in [1.54, 1.807) is 4.90 Å². The van der Waals surface area contributed by atoms with Crippen molar-refractivity contribution in [2.75, 3.05) is 10.6 Å². The number of carbonyl (C=O) groups excluding carboxylic acids is 1. The van der Waals surface area contributed by atoms with Crippen molar-refractivity contribution in [1.29, 1.82) is 0 Å². The number of fused-ring (bicyclic) bond motifs is 1. The molecule has 3 rings (SSSR count). The van der Waals surface area contributed by atoms with E-state index in [4.69, 9.17) is 5.73 Å². The number of aromatic amines is 1. The van der Waals surface area contributed by atoms with Gasteiger partial charge in [-0.3, -0.25) is 19.5 Å². The van der Waals surface area contributed by atoms with Crippen LogP contribution in [0.5, 0.6) is 0 Å². The third kappa shape index (κ3) is 1.68. The van der Waals surface area contributed by atoms with Crippen molar-refractivity contribution >= 4 is 17.7 Å². The zero-order valence-electron chi connectivity index (χ0n) is 10.1. The summed E-state index contributed by atoms with van der Waals surface area (Å²) < 4.78 is 0. The highest BCUT2D eigenvalue weighted by Gasteiger charge is 2.36. The Balaban J connectivity index is 2.02. The van der Waals surface area contributed by atoms with Crippen LogP contribution in [0.25, 0.3) is 0 Å². The zero-order chi connectivity index (χ0) is 12.7. The Labute approximate surface area is 104 Å². The number of amides is 1.